The van der Waals surface area contributed by atoms with Gasteiger partial charge in [-0.25, -0.2) is 4.79 Å². The van der Waals surface area contributed by atoms with Gasteiger partial charge in [0, 0.05) is 23.4 Å². The van der Waals surface area contributed by atoms with E-state index in [2.05, 4.69) is 11.6 Å². The summed E-state index contributed by atoms with van der Waals surface area (Å²) in [6, 6.07) is 3.63. The number of carbonyl (C=O) groups excluding carboxylic acids is 1. The normalized spacial score (nSPS) is 10.4. The number of benzene rings is 1. The molecule has 0 atom stereocenters. The van der Waals surface area contributed by atoms with E-state index >= 15 is 0 Å². The molecule has 0 bridgehead atoms. The predicted molar refractivity (Wildman–Crippen MR) is 104 cm³/mol. The van der Waals surface area contributed by atoms with E-state index in [1.807, 2.05) is 6.07 Å². The first kappa shape index (κ1) is 20.4. The molecule has 0 aliphatic rings. The number of hydrogen-bond acceptors (Lipinski definition) is 6. The van der Waals surface area contributed by atoms with Crippen LogP contribution in [0, 0.1) is 0 Å². The van der Waals surface area contributed by atoms with Gasteiger partial charge in [0.2, 0.25) is 5.75 Å². The maximum atomic E-state index is 12.4. The lowest BCUT2D eigenvalue weighted by molar-refractivity contribution is 0.0519. The minimum absolute atomic E-state index is 0.205. The standard InChI is InChI=1S/C20H26N2O5/c1-6-8-12-16(14(11-21)22-17(12)20(23)27-7-2)13-9-10-15(24-3)19(26-5)18(13)25-4/h6,9-10,22H,1,7-8,11,21H2,2-5H3. The first-order chi connectivity index (χ1) is 13.1. The van der Waals surface area contributed by atoms with E-state index in [1.165, 1.54) is 0 Å². The van der Waals surface area contributed by atoms with Crippen LogP contribution in [0.5, 0.6) is 17.2 Å². The number of nitrogens with two attached hydrogens (primary N) is 1. The van der Waals surface area contributed by atoms with E-state index in [-0.39, 0.29) is 13.2 Å². The summed E-state index contributed by atoms with van der Waals surface area (Å²) < 4.78 is 21.6. The van der Waals surface area contributed by atoms with Gasteiger partial charge in [0.15, 0.2) is 11.5 Å². The summed E-state index contributed by atoms with van der Waals surface area (Å²) in [7, 11) is 4.65. The average molecular weight is 374 g/mol. The summed E-state index contributed by atoms with van der Waals surface area (Å²) in [4.78, 5) is 15.5. The molecule has 0 radical (unpaired) electrons. The molecule has 0 aliphatic heterocycles. The molecule has 0 amide bonds. The van der Waals surface area contributed by atoms with Crippen molar-refractivity contribution in [1.29, 1.82) is 0 Å². The van der Waals surface area contributed by atoms with Crippen molar-refractivity contribution >= 4 is 5.97 Å². The van der Waals surface area contributed by atoms with E-state index in [4.69, 9.17) is 24.7 Å². The Balaban J connectivity index is 2.81. The molecule has 1 aromatic heterocycles. The second-order valence-electron chi connectivity index (χ2n) is 5.63. The van der Waals surface area contributed by atoms with Crippen LogP contribution >= 0.6 is 0 Å². The highest BCUT2D eigenvalue weighted by molar-refractivity contribution is 5.94. The Morgan fingerprint density at radius 3 is 2.41 bits per heavy atom. The number of aromatic amines is 1. The van der Waals surface area contributed by atoms with E-state index in [1.54, 1.807) is 40.4 Å². The molecule has 1 aromatic carbocycles. The number of H-pyrrole nitrogens is 1. The van der Waals surface area contributed by atoms with Gasteiger partial charge in [0.1, 0.15) is 5.69 Å². The number of rotatable bonds is 9. The molecule has 27 heavy (non-hydrogen) atoms. The molecule has 0 saturated heterocycles. The van der Waals surface area contributed by atoms with Crippen molar-refractivity contribution in [2.24, 2.45) is 5.73 Å². The summed E-state index contributed by atoms with van der Waals surface area (Å²) in [6.45, 7) is 6.04. The predicted octanol–water partition coefficient (Wildman–Crippen LogP) is 3.07. The zero-order valence-electron chi connectivity index (χ0n) is 16.2. The van der Waals surface area contributed by atoms with Crippen molar-refractivity contribution in [3.8, 4) is 28.4 Å². The first-order valence-corrected chi connectivity index (χ1v) is 8.58. The van der Waals surface area contributed by atoms with Crippen molar-refractivity contribution in [2.75, 3.05) is 27.9 Å². The van der Waals surface area contributed by atoms with E-state index in [0.717, 1.165) is 16.7 Å². The lowest BCUT2D eigenvalue weighted by atomic mass is 9.96. The highest BCUT2D eigenvalue weighted by atomic mass is 16.5. The molecule has 146 valence electrons. The Morgan fingerprint density at radius 2 is 1.89 bits per heavy atom. The minimum atomic E-state index is -0.435. The summed E-state index contributed by atoms with van der Waals surface area (Å²) in [5.41, 5.74) is 9.27. The van der Waals surface area contributed by atoms with Crippen LogP contribution in [0.4, 0.5) is 0 Å². The topological polar surface area (TPSA) is 95.8 Å². The molecule has 0 spiro atoms. The second-order valence-corrected chi connectivity index (χ2v) is 5.63. The fourth-order valence-corrected chi connectivity index (χ4v) is 3.10. The van der Waals surface area contributed by atoms with Gasteiger partial charge in [-0.05, 0) is 31.0 Å². The molecular weight excluding hydrogens is 348 g/mol. The second kappa shape index (κ2) is 9.14. The van der Waals surface area contributed by atoms with Crippen LogP contribution < -0.4 is 19.9 Å². The molecule has 7 heteroatoms. The Bertz CT molecular complexity index is 826. The van der Waals surface area contributed by atoms with E-state index in [9.17, 15) is 4.79 Å². The van der Waals surface area contributed by atoms with Gasteiger partial charge in [-0.2, -0.15) is 0 Å². The third-order valence-corrected chi connectivity index (χ3v) is 4.19. The van der Waals surface area contributed by atoms with Crippen LogP contribution in [0.1, 0.15) is 28.7 Å². The summed E-state index contributed by atoms with van der Waals surface area (Å²) >= 11 is 0. The van der Waals surface area contributed by atoms with Gasteiger partial charge >= 0.3 is 5.97 Å². The molecule has 0 fully saturated rings. The Labute approximate surface area is 159 Å². The quantitative estimate of drug-likeness (QED) is 0.517. The van der Waals surface area contributed by atoms with Crippen LogP contribution in [0.2, 0.25) is 0 Å². The molecule has 0 saturated carbocycles. The van der Waals surface area contributed by atoms with Crippen molar-refractivity contribution in [2.45, 2.75) is 19.9 Å². The zero-order chi connectivity index (χ0) is 20.0. The number of methoxy groups -OCH3 is 3. The van der Waals surface area contributed by atoms with Crippen LogP contribution in [0.25, 0.3) is 11.1 Å². The van der Waals surface area contributed by atoms with Crippen LogP contribution in [-0.2, 0) is 17.7 Å². The number of aromatic nitrogens is 1. The smallest absolute Gasteiger partial charge is 0.355 e. The number of esters is 1. The van der Waals surface area contributed by atoms with E-state index < -0.39 is 5.97 Å². The number of nitrogens with one attached hydrogen (secondary N) is 1. The third-order valence-electron chi connectivity index (χ3n) is 4.19. The monoisotopic (exact) mass is 374 g/mol. The number of ether oxygens (including phenoxy) is 4. The summed E-state index contributed by atoms with van der Waals surface area (Å²) in [5, 5.41) is 0. The lowest BCUT2D eigenvalue weighted by Gasteiger charge is -2.17. The molecule has 0 unspecified atom stereocenters. The van der Waals surface area contributed by atoms with Crippen LogP contribution in [-0.4, -0.2) is 38.9 Å². The van der Waals surface area contributed by atoms with Crippen molar-refractivity contribution in [3.63, 3.8) is 0 Å². The summed E-state index contributed by atoms with van der Waals surface area (Å²) in [6.07, 6.45) is 2.18. The molecule has 2 rings (SSSR count). The molecule has 3 N–H and O–H groups in total. The maximum absolute atomic E-state index is 12.4. The Morgan fingerprint density at radius 1 is 1.19 bits per heavy atom. The Kier molecular flexibility index (Phi) is 6.90. The third kappa shape index (κ3) is 3.78. The highest BCUT2D eigenvalue weighted by Gasteiger charge is 2.26. The lowest BCUT2D eigenvalue weighted by Crippen LogP contribution is -2.08. The van der Waals surface area contributed by atoms with Crippen molar-refractivity contribution in [1.82, 2.24) is 4.98 Å². The van der Waals surface area contributed by atoms with Gasteiger partial charge in [-0.1, -0.05) is 6.08 Å². The largest absolute Gasteiger partial charge is 0.493 e. The highest BCUT2D eigenvalue weighted by Crippen LogP contribution is 2.46. The molecule has 0 aliphatic carbocycles. The molecule has 7 nitrogen and oxygen atoms in total. The van der Waals surface area contributed by atoms with Gasteiger partial charge < -0.3 is 29.7 Å². The SMILES string of the molecule is C=CCc1c(C(=O)OCC)[nH]c(CN)c1-c1ccc(OC)c(OC)c1OC. The maximum Gasteiger partial charge on any atom is 0.355 e. The Hall–Kier alpha value is -2.93. The van der Waals surface area contributed by atoms with Crippen LogP contribution in [0.3, 0.4) is 0 Å². The molecule has 2 aromatic rings. The van der Waals surface area contributed by atoms with Gasteiger partial charge in [-0.15, -0.1) is 6.58 Å². The minimum Gasteiger partial charge on any atom is -0.493 e. The molecule has 1 heterocycles. The summed E-state index contributed by atoms with van der Waals surface area (Å²) in [5.74, 6) is 1.06. The number of allylic oxidation sites excluding steroid dienone is 1. The zero-order valence-corrected chi connectivity index (χ0v) is 16.2. The van der Waals surface area contributed by atoms with Crippen LogP contribution in [0.15, 0.2) is 24.8 Å². The van der Waals surface area contributed by atoms with Gasteiger partial charge in [0.25, 0.3) is 0 Å². The fourth-order valence-electron chi connectivity index (χ4n) is 3.10. The average Bonchev–Trinajstić information content (AvgIpc) is 3.05. The van der Waals surface area contributed by atoms with Crippen molar-refractivity contribution in [3.05, 3.63) is 41.7 Å². The van der Waals surface area contributed by atoms with Crippen molar-refractivity contribution < 1.29 is 23.7 Å². The van der Waals surface area contributed by atoms with Gasteiger partial charge in [-0.3, -0.25) is 0 Å². The van der Waals surface area contributed by atoms with Gasteiger partial charge in [0.05, 0.1) is 27.9 Å². The van der Waals surface area contributed by atoms with E-state index in [0.29, 0.717) is 35.1 Å². The fraction of sp³-hybridized carbons (Fsp3) is 0.350. The molecular formula is C20H26N2O5. The number of hydrogen-bond donors (Lipinski definition) is 2. The first-order valence-electron chi connectivity index (χ1n) is 8.58. The number of carbonyl (C=O) groups is 1.